The van der Waals surface area contributed by atoms with E-state index in [1.807, 2.05) is 0 Å². The van der Waals surface area contributed by atoms with E-state index >= 15 is 0 Å². The molecule has 2 heteroatoms. The molecule has 0 spiro atoms. The number of fused-ring (bicyclic) bond motifs is 1. The Morgan fingerprint density at radius 1 is 1.10 bits per heavy atom. The molecule has 58 valence electrons. The van der Waals surface area contributed by atoms with Gasteiger partial charge in [-0.1, -0.05) is 0 Å². The molecule has 0 aromatic rings. The maximum Gasteiger partial charge on any atom is 0.0108 e. The number of hydrogen-bond donors (Lipinski definition) is 2. The SMILES string of the molecule is C1CNCC2CCNC2C1. The summed E-state index contributed by atoms with van der Waals surface area (Å²) in [5, 5.41) is 7.04. The lowest BCUT2D eigenvalue weighted by Crippen LogP contribution is -2.29. The fourth-order valence-corrected chi connectivity index (χ4v) is 2.14. The monoisotopic (exact) mass is 140 g/mol. The van der Waals surface area contributed by atoms with Crippen LogP contribution < -0.4 is 10.6 Å². The molecule has 2 atom stereocenters. The van der Waals surface area contributed by atoms with Crippen molar-refractivity contribution in [1.29, 1.82) is 0 Å². The highest BCUT2D eigenvalue weighted by atomic mass is 15.0. The highest BCUT2D eigenvalue weighted by Crippen LogP contribution is 2.20. The van der Waals surface area contributed by atoms with E-state index in [4.69, 9.17) is 0 Å². The van der Waals surface area contributed by atoms with Crippen molar-refractivity contribution < 1.29 is 0 Å². The van der Waals surface area contributed by atoms with E-state index < -0.39 is 0 Å². The third-order valence-corrected chi connectivity index (χ3v) is 2.77. The Hall–Kier alpha value is -0.0800. The fraction of sp³-hybridized carbons (Fsp3) is 1.00. The summed E-state index contributed by atoms with van der Waals surface area (Å²) < 4.78 is 0. The molecule has 0 radical (unpaired) electrons. The minimum absolute atomic E-state index is 0.843. The van der Waals surface area contributed by atoms with Gasteiger partial charge in [-0.25, -0.2) is 0 Å². The van der Waals surface area contributed by atoms with Gasteiger partial charge in [0, 0.05) is 6.04 Å². The largest absolute Gasteiger partial charge is 0.316 e. The van der Waals surface area contributed by atoms with Crippen molar-refractivity contribution in [2.75, 3.05) is 19.6 Å². The predicted octanol–water partition coefficient (Wildman–Crippen LogP) is 0.348. The normalized spacial score (nSPS) is 40.8. The van der Waals surface area contributed by atoms with Crippen LogP contribution in [0.4, 0.5) is 0 Å². The van der Waals surface area contributed by atoms with Crippen molar-refractivity contribution in [3.8, 4) is 0 Å². The second kappa shape index (κ2) is 2.89. The molecule has 2 nitrogen and oxygen atoms in total. The van der Waals surface area contributed by atoms with Crippen molar-refractivity contribution in [3.05, 3.63) is 0 Å². The quantitative estimate of drug-likeness (QED) is 0.507. The van der Waals surface area contributed by atoms with Gasteiger partial charge in [0.15, 0.2) is 0 Å². The topological polar surface area (TPSA) is 24.1 Å². The molecule has 0 aromatic heterocycles. The van der Waals surface area contributed by atoms with Crippen LogP contribution >= 0.6 is 0 Å². The Labute approximate surface area is 62.4 Å². The van der Waals surface area contributed by atoms with E-state index in [1.54, 1.807) is 0 Å². The van der Waals surface area contributed by atoms with Crippen molar-refractivity contribution in [3.63, 3.8) is 0 Å². The summed E-state index contributed by atoms with van der Waals surface area (Å²) in [6, 6.07) is 0.843. The van der Waals surface area contributed by atoms with Crippen molar-refractivity contribution in [1.82, 2.24) is 10.6 Å². The van der Waals surface area contributed by atoms with Gasteiger partial charge in [0.05, 0.1) is 0 Å². The van der Waals surface area contributed by atoms with Gasteiger partial charge in [0.25, 0.3) is 0 Å². The van der Waals surface area contributed by atoms with E-state index in [2.05, 4.69) is 10.6 Å². The van der Waals surface area contributed by atoms with E-state index in [0.717, 1.165) is 12.0 Å². The minimum atomic E-state index is 0.843. The molecule has 2 N–H and O–H groups in total. The molecule has 0 saturated carbocycles. The van der Waals surface area contributed by atoms with Crippen molar-refractivity contribution in [2.45, 2.75) is 25.3 Å². The van der Waals surface area contributed by atoms with Gasteiger partial charge < -0.3 is 10.6 Å². The first kappa shape index (κ1) is 6.62. The van der Waals surface area contributed by atoms with Crippen LogP contribution in [0.5, 0.6) is 0 Å². The van der Waals surface area contributed by atoms with Crippen molar-refractivity contribution in [2.24, 2.45) is 5.92 Å². The first-order valence-corrected chi connectivity index (χ1v) is 4.41. The Morgan fingerprint density at radius 3 is 3.10 bits per heavy atom. The first-order valence-electron chi connectivity index (χ1n) is 4.41. The summed E-state index contributed by atoms with van der Waals surface area (Å²) >= 11 is 0. The third-order valence-electron chi connectivity index (χ3n) is 2.77. The average Bonchev–Trinajstić information content (AvgIpc) is 2.28. The lowest BCUT2D eigenvalue weighted by Gasteiger charge is -2.14. The van der Waals surface area contributed by atoms with Crippen LogP contribution in [-0.4, -0.2) is 25.7 Å². The van der Waals surface area contributed by atoms with Gasteiger partial charge in [0.2, 0.25) is 0 Å². The van der Waals surface area contributed by atoms with E-state index in [9.17, 15) is 0 Å². The summed E-state index contributed by atoms with van der Waals surface area (Å²) in [4.78, 5) is 0. The smallest absolute Gasteiger partial charge is 0.0108 e. The van der Waals surface area contributed by atoms with Crippen LogP contribution in [0.1, 0.15) is 19.3 Å². The molecule has 2 saturated heterocycles. The zero-order valence-electron chi connectivity index (χ0n) is 6.40. The first-order chi connectivity index (χ1) is 4.97. The lowest BCUT2D eigenvalue weighted by molar-refractivity contribution is 0.442. The molecular formula is C8H16N2. The summed E-state index contributed by atoms with van der Waals surface area (Å²) in [6.45, 7) is 3.73. The second-order valence-electron chi connectivity index (χ2n) is 3.46. The maximum absolute atomic E-state index is 3.56. The average molecular weight is 140 g/mol. The molecule has 0 aromatic carbocycles. The molecule has 2 fully saturated rings. The molecule has 0 aliphatic carbocycles. The Balaban J connectivity index is 1.95. The Morgan fingerprint density at radius 2 is 2.10 bits per heavy atom. The maximum atomic E-state index is 3.56. The highest BCUT2D eigenvalue weighted by molar-refractivity contribution is 4.86. The molecule has 0 bridgehead atoms. The van der Waals surface area contributed by atoms with Gasteiger partial charge in [-0.15, -0.1) is 0 Å². The van der Waals surface area contributed by atoms with Gasteiger partial charge in [-0.3, -0.25) is 0 Å². The van der Waals surface area contributed by atoms with E-state index in [1.165, 1.54) is 38.9 Å². The molecule has 2 rings (SSSR count). The van der Waals surface area contributed by atoms with Crippen molar-refractivity contribution >= 4 is 0 Å². The number of rotatable bonds is 0. The van der Waals surface area contributed by atoms with Gasteiger partial charge in [0.1, 0.15) is 0 Å². The molecule has 2 heterocycles. The summed E-state index contributed by atoms with van der Waals surface area (Å²) in [5.41, 5.74) is 0. The molecule has 2 unspecified atom stereocenters. The van der Waals surface area contributed by atoms with Crippen LogP contribution in [-0.2, 0) is 0 Å². The van der Waals surface area contributed by atoms with E-state index in [0.29, 0.717) is 0 Å². The van der Waals surface area contributed by atoms with Crippen LogP contribution in [0.25, 0.3) is 0 Å². The molecule has 10 heavy (non-hydrogen) atoms. The predicted molar refractivity (Wildman–Crippen MR) is 42.0 cm³/mol. The summed E-state index contributed by atoms with van der Waals surface area (Å²) in [7, 11) is 0. The zero-order valence-corrected chi connectivity index (χ0v) is 6.40. The Kier molecular flexibility index (Phi) is 1.91. The molecule has 2 aliphatic heterocycles. The zero-order chi connectivity index (χ0) is 6.81. The highest BCUT2D eigenvalue weighted by Gasteiger charge is 2.27. The summed E-state index contributed by atoms with van der Waals surface area (Å²) in [5.74, 6) is 0.933. The summed E-state index contributed by atoms with van der Waals surface area (Å²) in [6.07, 6.45) is 4.13. The lowest BCUT2D eigenvalue weighted by atomic mass is 9.99. The fourth-order valence-electron chi connectivity index (χ4n) is 2.14. The molecule has 2 aliphatic rings. The van der Waals surface area contributed by atoms with Gasteiger partial charge >= 0.3 is 0 Å². The third kappa shape index (κ3) is 1.18. The van der Waals surface area contributed by atoms with E-state index in [-0.39, 0.29) is 0 Å². The van der Waals surface area contributed by atoms with Crippen LogP contribution in [0, 0.1) is 5.92 Å². The number of hydrogen-bond acceptors (Lipinski definition) is 2. The second-order valence-corrected chi connectivity index (χ2v) is 3.46. The Bertz CT molecular complexity index is 102. The standard InChI is InChI=1S/C8H16N2/c1-2-8-7(3-5-10-8)6-9-4-1/h7-10H,1-6H2. The number of nitrogens with one attached hydrogen (secondary N) is 2. The minimum Gasteiger partial charge on any atom is -0.316 e. The van der Waals surface area contributed by atoms with Crippen LogP contribution in [0.15, 0.2) is 0 Å². The molecular weight excluding hydrogens is 124 g/mol. The van der Waals surface area contributed by atoms with Gasteiger partial charge in [-0.2, -0.15) is 0 Å². The van der Waals surface area contributed by atoms with Crippen LogP contribution in [0.3, 0.4) is 0 Å². The van der Waals surface area contributed by atoms with Crippen LogP contribution in [0.2, 0.25) is 0 Å². The molecule has 0 amide bonds. The van der Waals surface area contributed by atoms with Gasteiger partial charge in [-0.05, 0) is 44.8 Å².